The molecule has 3 N–H and O–H groups in total. The van der Waals surface area contributed by atoms with E-state index in [2.05, 4.69) is 20.8 Å². The maximum absolute atomic E-state index is 11.8. The highest BCUT2D eigenvalue weighted by atomic mass is 35.5. The van der Waals surface area contributed by atoms with E-state index in [1.54, 1.807) is 25.1 Å². The zero-order valence-electron chi connectivity index (χ0n) is 10.8. The number of primary amides is 1. The molecule has 1 aliphatic rings. The first kappa shape index (κ1) is 13.8. The predicted molar refractivity (Wildman–Crippen MR) is 77.9 cm³/mol. The molecule has 2 aromatic rings. The fourth-order valence-corrected chi connectivity index (χ4v) is 2.63. The third kappa shape index (κ3) is 2.24. The van der Waals surface area contributed by atoms with E-state index in [0.29, 0.717) is 32.8 Å². The minimum absolute atomic E-state index is 0.369. The van der Waals surface area contributed by atoms with Gasteiger partial charge in [0.15, 0.2) is 0 Å². The van der Waals surface area contributed by atoms with Crippen LogP contribution in [0.2, 0.25) is 10.0 Å². The van der Waals surface area contributed by atoms with E-state index in [1.165, 1.54) is 4.68 Å². The van der Waals surface area contributed by atoms with Crippen LogP contribution in [0.3, 0.4) is 0 Å². The number of carbonyl (C=O) groups is 1. The maximum atomic E-state index is 11.8. The van der Waals surface area contributed by atoms with Crippen molar-refractivity contribution in [2.75, 3.05) is 5.32 Å². The number of aromatic nitrogens is 4. The molecular weight excluding hydrogens is 315 g/mol. The first-order chi connectivity index (χ1) is 9.99. The Morgan fingerprint density at radius 3 is 2.81 bits per heavy atom. The fraction of sp³-hybridized carbons (Fsp3) is 0.167. The molecule has 7 nitrogen and oxygen atoms in total. The van der Waals surface area contributed by atoms with Crippen LogP contribution in [0.4, 0.5) is 5.95 Å². The lowest BCUT2D eigenvalue weighted by molar-refractivity contribution is -0.115. The van der Waals surface area contributed by atoms with Gasteiger partial charge in [-0.25, -0.2) is 0 Å². The van der Waals surface area contributed by atoms with Crippen molar-refractivity contribution in [2.24, 2.45) is 5.73 Å². The summed E-state index contributed by atoms with van der Waals surface area (Å²) >= 11 is 12.0. The Bertz CT molecular complexity index is 769. The number of amides is 1. The number of nitrogens with zero attached hydrogens (tertiary/aromatic N) is 4. The Morgan fingerprint density at radius 1 is 1.38 bits per heavy atom. The van der Waals surface area contributed by atoms with Gasteiger partial charge in [0.05, 0.1) is 15.6 Å². The summed E-state index contributed by atoms with van der Waals surface area (Å²) in [7, 11) is 0. The van der Waals surface area contributed by atoms with E-state index >= 15 is 0 Å². The van der Waals surface area contributed by atoms with Crippen LogP contribution in [0.1, 0.15) is 18.5 Å². The number of carbonyl (C=O) groups excluding carboxylic acids is 1. The summed E-state index contributed by atoms with van der Waals surface area (Å²) in [6.45, 7) is 1.74. The lowest BCUT2D eigenvalue weighted by atomic mass is 9.95. The van der Waals surface area contributed by atoms with Crippen LogP contribution in [0.5, 0.6) is 0 Å². The van der Waals surface area contributed by atoms with E-state index < -0.39 is 11.9 Å². The SMILES string of the molecule is CC1=C(C(N)=O)C(c2ccc(Cl)c(Cl)c2)n2nnnc2N1. The summed E-state index contributed by atoms with van der Waals surface area (Å²) in [5, 5.41) is 15.1. The predicted octanol–water partition coefficient (Wildman–Crippen LogP) is 1.75. The van der Waals surface area contributed by atoms with Crippen molar-refractivity contribution in [1.82, 2.24) is 20.2 Å². The number of halogens is 2. The largest absolute Gasteiger partial charge is 0.366 e. The van der Waals surface area contributed by atoms with E-state index in [-0.39, 0.29) is 0 Å². The number of hydrogen-bond acceptors (Lipinski definition) is 5. The minimum Gasteiger partial charge on any atom is -0.366 e. The molecule has 0 bridgehead atoms. The zero-order valence-corrected chi connectivity index (χ0v) is 12.4. The maximum Gasteiger partial charge on any atom is 0.248 e. The molecule has 0 fully saturated rings. The van der Waals surface area contributed by atoms with Crippen molar-refractivity contribution in [3.8, 4) is 0 Å². The molecule has 0 aliphatic carbocycles. The van der Waals surface area contributed by atoms with Crippen molar-refractivity contribution in [2.45, 2.75) is 13.0 Å². The van der Waals surface area contributed by atoms with Crippen LogP contribution in [-0.2, 0) is 4.79 Å². The van der Waals surface area contributed by atoms with E-state index in [0.717, 1.165) is 0 Å². The zero-order chi connectivity index (χ0) is 15.1. The summed E-state index contributed by atoms with van der Waals surface area (Å²) < 4.78 is 1.48. The summed E-state index contributed by atoms with van der Waals surface area (Å²) in [6, 6.07) is 4.52. The van der Waals surface area contributed by atoms with E-state index in [1.807, 2.05) is 0 Å². The highest BCUT2D eigenvalue weighted by Crippen LogP contribution is 2.36. The standard InChI is InChI=1S/C12H10Cl2N6O/c1-5-9(11(15)21)10(20-12(16-5)17-18-19-20)6-2-3-7(13)8(14)4-6/h2-4,10H,1H3,(H2,15,21)(H,16,17,19). The first-order valence-corrected chi connectivity index (χ1v) is 6.75. The van der Waals surface area contributed by atoms with Gasteiger partial charge < -0.3 is 11.1 Å². The minimum atomic E-state index is -0.558. The molecule has 21 heavy (non-hydrogen) atoms. The van der Waals surface area contributed by atoms with Gasteiger partial charge in [-0.1, -0.05) is 34.4 Å². The molecule has 1 aromatic heterocycles. The molecule has 0 saturated heterocycles. The smallest absolute Gasteiger partial charge is 0.248 e. The molecule has 0 saturated carbocycles. The topological polar surface area (TPSA) is 98.7 Å². The van der Waals surface area contributed by atoms with Crippen LogP contribution in [0, 0.1) is 0 Å². The Morgan fingerprint density at radius 2 is 2.14 bits per heavy atom. The van der Waals surface area contributed by atoms with Crippen LogP contribution in [0.15, 0.2) is 29.5 Å². The Balaban J connectivity index is 2.21. The first-order valence-electron chi connectivity index (χ1n) is 5.99. The van der Waals surface area contributed by atoms with Crippen molar-refractivity contribution < 1.29 is 4.79 Å². The second kappa shape index (κ2) is 5.01. The van der Waals surface area contributed by atoms with Crippen molar-refractivity contribution >= 4 is 35.1 Å². The average molecular weight is 325 g/mol. The third-order valence-corrected chi connectivity index (χ3v) is 3.98. The van der Waals surface area contributed by atoms with Gasteiger partial charge in [0.1, 0.15) is 6.04 Å². The van der Waals surface area contributed by atoms with E-state index in [9.17, 15) is 4.79 Å². The van der Waals surface area contributed by atoms with Crippen LogP contribution >= 0.6 is 23.2 Å². The summed E-state index contributed by atoms with van der Waals surface area (Å²) in [5.41, 5.74) is 7.18. The highest BCUT2D eigenvalue weighted by Gasteiger charge is 2.33. The van der Waals surface area contributed by atoms with Gasteiger partial charge in [-0.3, -0.25) is 4.79 Å². The number of benzene rings is 1. The Hall–Kier alpha value is -2.12. The summed E-state index contributed by atoms with van der Waals surface area (Å²) in [6.07, 6.45) is 0. The van der Waals surface area contributed by atoms with Gasteiger partial charge in [0, 0.05) is 5.70 Å². The molecule has 0 spiro atoms. The number of rotatable bonds is 2. The van der Waals surface area contributed by atoms with Gasteiger partial charge in [-0.15, -0.1) is 0 Å². The fourth-order valence-electron chi connectivity index (χ4n) is 2.32. The number of allylic oxidation sites excluding steroid dienone is 1. The van der Waals surface area contributed by atoms with Crippen molar-refractivity contribution in [1.29, 1.82) is 0 Å². The number of nitrogens with one attached hydrogen (secondary N) is 1. The number of anilines is 1. The number of tetrazole rings is 1. The lowest BCUT2D eigenvalue weighted by Gasteiger charge is -2.27. The highest BCUT2D eigenvalue weighted by molar-refractivity contribution is 6.42. The van der Waals surface area contributed by atoms with Crippen molar-refractivity contribution in [3.05, 3.63) is 45.1 Å². The second-order valence-electron chi connectivity index (χ2n) is 4.55. The van der Waals surface area contributed by atoms with Gasteiger partial charge in [-0.05, 0) is 35.0 Å². The molecule has 3 rings (SSSR count). The van der Waals surface area contributed by atoms with Crippen LogP contribution in [0.25, 0.3) is 0 Å². The Labute approximate surface area is 129 Å². The molecule has 9 heteroatoms. The monoisotopic (exact) mass is 324 g/mol. The van der Waals surface area contributed by atoms with Crippen LogP contribution in [-0.4, -0.2) is 26.1 Å². The molecule has 1 unspecified atom stereocenters. The summed E-state index contributed by atoms with van der Waals surface area (Å²) in [5.74, 6) is -0.134. The molecule has 108 valence electrons. The molecule has 0 radical (unpaired) electrons. The van der Waals surface area contributed by atoms with Gasteiger partial charge in [-0.2, -0.15) is 4.68 Å². The molecule has 1 aliphatic heterocycles. The molecule has 1 atom stereocenters. The third-order valence-electron chi connectivity index (χ3n) is 3.24. The van der Waals surface area contributed by atoms with Gasteiger partial charge in [0.2, 0.25) is 11.9 Å². The summed E-state index contributed by atoms with van der Waals surface area (Å²) in [4.78, 5) is 11.8. The number of hydrogen-bond donors (Lipinski definition) is 2. The molecule has 2 heterocycles. The van der Waals surface area contributed by atoms with Gasteiger partial charge >= 0.3 is 0 Å². The number of nitrogens with two attached hydrogens (primary N) is 1. The quantitative estimate of drug-likeness (QED) is 0.876. The molecule has 1 aromatic carbocycles. The molecule has 1 amide bonds. The van der Waals surface area contributed by atoms with Gasteiger partial charge in [0.25, 0.3) is 0 Å². The van der Waals surface area contributed by atoms with Crippen molar-refractivity contribution in [3.63, 3.8) is 0 Å². The number of fused-ring (bicyclic) bond motifs is 1. The molecular formula is C12H10Cl2N6O. The Kier molecular flexibility index (Phi) is 3.30. The van der Waals surface area contributed by atoms with Crippen LogP contribution < -0.4 is 11.1 Å². The van der Waals surface area contributed by atoms with E-state index in [4.69, 9.17) is 28.9 Å². The second-order valence-corrected chi connectivity index (χ2v) is 5.37. The normalized spacial score (nSPS) is 17.4. The lowest BCUT2D eigenvalue weighted by Crippen LogP contribution is -2.31. The average Bonchev–Trinajstić information content (AvgIpc) is 2.87.